The van der Waals surface area contributed by atoms with E-state index in [1.165, 1.54) is 19.3 Å². The Kier molecular flexibility index (Phi) is 5.01. The third-order valence-electron chi connectivity index (χ3n) is 4.36. The fraction of sp³-hybridized carbons (Fsp3) is 0.444. The highest BCUT2D eigenvalue weighted by Crippen LogP contribution is 2.25. The maximum absolute atomic E-state index is 12.9. The molecule has 23 heavy (non-hydrogen) atoms. The average molecular weight is 332 g/mol. The van der Waals surface area contributed by atoms with Crippen molar-refractivity contribution in [2.45, 2.75) is 39.0 Å². The molecule has 2 heterocycles. The van der Waals surface area contributed by atoms with Crippen LogP contribution in [0.2, 0.25) is 5.15 Å². The summed E-state index contributed by atoms with van der Waals surface area (Å²) in [5.74, 6) is 0.0107. The summed E-state index contributed by atoms with van der Waals surface area (Å²) in [7, 11) is 0. The van der Waals surface area contributed by atoms with Crippen molar-refractivity contribution >= 4 is 17.5 Å². The van der Waals surface area contributed by atoms with Crippen LogP contribution in [0, 0.1) is 6.92 Å². The Morgan fingerprint density at radius 3 is 2.30 bits per heavy atom. The molecule has 0 atom stereocenters. The van der Waals surface area contributed by atoms with Gasteiger partial charge in [0, 0.05) is 13.1 Å². The lowest BCUT2D eigenvalue weighted by Gasteiger charge is -2.24. The molecule has 0 aliphatic carbocycles. The first kappa shape index (κ1) is 16.1. The lowest BCUT2D eigenvalue weighted by molar-refractivity contribution is 0.0742. The lowest BCUT2D eigenvalue weighted by Crippen LogP contribution is -2.34. The molecule has 0 unspecified atom stereocenters. The Bertz CT molecular complexity index is 673. The molecule has 2 aromatic rings. The minimum Gasteiger partial charge on any atom is -0.338 e. The first-order chi connectivity index (χ1) is 11.2. The fourth-order valence-corrected chi connectivity index (χ4v) is 3.44. The average Bonchev–Trinajstić information content (AvgIpc) is 2.82. The summed E-state index contributed by atoms with van der Waals surface area (Å²) in [6.07, 6.45) is 5.79. The molecule has 0 bridgehead atoms. The Balaban J connectivity index is 1.90. The number of aromatic nitrogens is 2. The number of amides is 1. The molecule has 0 N–H and O–H groups in total. The molecule has 3 rings (SSSR count). The monoisotopic (exact) mass is 331 g/mol. The highest BCUT2D eigenvalue weighted by atomic mass is 35.5. The highest BCUT2D eigenvalue weighted by Gasteiger charge is 2.25. The van der Waals surface area contributed by atoms with Gasteiger partial charge in [-0.1, -0.05) is 49.1 Å². The maximum Gasteiger partial charge on any atom is 0.258 e. The summed E-state index contributed by atoms with van der Waals surface area (Å²) >= 11 is 6.50. The third-order valence-corrected chi connectivity index (χ3v) is 4.71. The standard InChI is InChI=1S/C18H22ClN3O/c1-14-16(18(23)21-12-8-3-2-4-9-13-21)17(19)22(20-14)15-10-6-5-7-11-15/h5-7,10-11H,2-4,8-9,12-13H2,1H3. The second-order valence-corrected chi connectivity index (χ2v) is 6.42. The molecule has 122 valence electrons. The first-order valence-corrected chi connectivity index (χ1v) is 8.66. The number of nitrogens with zero attached hydrogens (tertiary/aromatic N) is 3. The molecule has 1 fully saturated rings. The van der Waals surface area contributed by atoms with Crippen LogP contribution in [0.5, 0.6) is 0 Å². The Labute approximate surface area is 142 Å². The van der Waals surface area contributed by atoms with E-state index in [2.05, 4.69) is 5.10 Å². The highest BCUT2D eigenvalue weighted by molar-refractivity contribution is 6.33. The smallest absolute Gasteiger partial charge is 0.258 e. The summed E-state index contributed by atoms with van der Waals surface area (Å²) in [5, 5.41) is 4.88. The molecule has 1 aromatic carbocycles. The summed E-state index contributed by atoms with van der Waals surface area (Å²) < 4.78 is 1.65. The number of aryl methyl sites for hydroxylation is 1. The Morgan fingerprint density at radius 2 is 1.65 bits per heavy atom. The van der Waals surface area contributed by atoms with E-state index in [1.807, 2.05) is 42.2 Å². The number of carbonyl (C=O) groups excluding carboxylic acids is 1. The van der Waals surface area contributed by atoms with E-state index in [0.29, 0.717) is 16.4 Å². The molecule has 0 spiro atoms. The van der Waals surface area contributed by atoms with E-state index >= 15 is 0 Å². The van der Waals surface area contributed by atoms with E-state index < -0.39 is 0 Å². The van der Waals surface area contributed by atoms with Crippen LogP contribution in [0.1, 0.15) is 48.2 Å². The van der Waals surface area contributed by atoms with Gasteiger partial charge < -0.3 is 4.90 Å². The van der Waals surface area contributed by atoms with Crippen molar-refractivity contribution in [3.63, 3.8) is 0 Å². The minimum atomic E-state index is 0.0107. The van der Waals surface area contributed by atoms with E-state index in [4.69, 9.17) is 11.6 Å². The number of likely N-dealkylation sites (tertiary alicyclic amines) is 1. The van der Waals surface area contributed by atoms with E-state index in [1.54, 1.807) is 4.68 Å². The molecule has 1 aliphatic rings. The van der Waals surface area contributed by atoms with Gasteiger partial charge in [0.25, 0.3) is 5.91 Å². The molecular weight excluding hydrogens is 310 g/mol. The summed E-state index contributed by atoms with van der Waals surface area (Å²) in [4.78, 5) is 14.9. The number of para-hydroxylation sites is 1. The number of halogens is 1. The largest absolute Gasteiger partial charge is 0.338 e. The van der Waals surface area contributed by atoms with Crippen LogP contribution in [0.25, 0.3) is 5.69 Å². The van der Waals surface area contributed by atoms with Gasteiger partial charge in [0.15, 0.2) is 0 Å². The molecule has 0 saturated carbocycles. The van der Waals surface area contributed by atoms with Gasteiger partial charge in [-0.2, -0.15) is 5.10 Å². The van der Waals surface area contributed by atoms with E-state index in [0.717, 1.165) is 31.6 Å². The Morgan fingerprint density at radius 1 is 1.04 bits per heavy atom. The van der Waals surface area contributed by atoms with Gasteiger partial charge in [-0.15, -0.1) is 0 Å². The first-order valence-electron chi connectivity index (χ1n) is 8.28. The van der Waals surface area contributed by atoms with Crippen LogP contribution in [0.15, 0.2) is 30.3 Å². The summed E-state index contributed by atoms with van der Waals surface area (Å²) in [6, 6.07) is 9.68. The predicted molar refractivity (Wildman–Crippen MR) is 92.3 cm³/mol. The quantitative estimate of drug-likeness (QED) is 0.825. The molecule has 4 nitrogen and oxygen atoms in total. The van der Waals surface area contributed by atoms with Gasteiger partial charge in [-0.25, -0.2) is 4.68 Å². The van der Waals surface area contributed by atoms with Gasteiger partial charge in [-0.05, 0) is 31.9 Å². The van der Waals surface area contributed by atoms with Crippen molar-refractivity contribution in [2.75, 3.05) is 13.1 Å². The van der Waals surface area contributed by atoms with Gasteiger partial charge in [0.05, 0.1) is 16.9 Å². The zero-order valence-corrected chi connectivity index (χ0v) is 14.2. The summed E-state index contributed by atoms with van der Waals surface area (Å²) in [5.41, 5.74) is 2.09. The lowest BCUT2D eigenvalue weighted by atomic mass is 10.1. The molecule has 1 aromatic heterocycles. The second kappa shape index (κ2) is 7.18. The molecule has 0 radical (unpaired) electrons. The SMILES string of the molecule is Cc1nn(-c2ccccc2)c(Cl)c1C(=O)N1CCCCCCC1. The second-order valence-electron chi connectivity index (χ2n) is 6.06. The number of rotatable bonds is 2. The number of benzene rings is 1. The normalized spacial score (nSPS) is 16.0. The van der Waals surface area contributed by atoms with Gasteiger partial charge in [-0.3, -0.25) is 4.79 Å². The minimum absolute atomic E-state index is 0.0107. The maximum atomic E-state index is 12.9. The van der Waals surface area contributed by atoms with Crippen molar-refractivity contribution in [3.8, 4) is 5.69 Å². The van der Waals surface area contributed by atoms with Gasteiger partial charge >= 0.3 is 0 Å². The fourth-order valence-electron chi connectivity index (χ4n) is 3.09. The molecule has 5 heteroatoms. The van der Waals surface area contributed by atoms with Crippen LogP contribution in [-0.4, -0.2) is 33.7 Å². The van der Waals surface area contributed by atoms with Gasteiger partial charge in [0.2, 0.25) is 0 Å². The van der Waals surface area contributed by atoms with Gasteiger partial charge in [0.1, 0.15) is 5.15 Å². The van der Waals surface area contributed by atoms with Crippen molar-refractivity contribution < 1.29 is 4.79 Å². The van der Waals surface area contributed by atoms with Crippen LogP contribution in [0.3, 0.4) is 0 Å². The van der Waals surface area contributed by atoms with Crippen LogP contribution in [0.4, 0.5) is 0 Å². The summed E-state index contributed by atoms with van der Waals surface area (Å²) in [6.45, 7) is 3.47. The van der Waals surface area contributed by atoms with Crippen molar-refractivity contribution in [1.82, 2.24) is 14.7 Å². The number of hydrogen-bond acceptors (Lipinski definition) is 2. The predicted octanol–water partition coefficient (Wildman–Crippen LogP) is 4.24. The van der Waals surface area contributed by atoms with Crippen LogP contribution < -0.4 is 0 Å². The number of carbonyl (C=O) groups is 1. The van der Waals surface area contributed by atoms with E-state index in [9.17, 15) is 4.79 Å². The molecule has 1 amide bonds. The van der Waals surface area contributed by atoms with Crippen LogP contribution >= 0.6 is 11.6 Å². The zero-order valence-electron chi connectivity index (χ0n) is 13.5. The van der Waals surface area contributed by atoms with Crippen molar-refractivity contribution in [1.29, 1.82) is 0 Å². The third kappa shape index (κ3) is 3.42. The molecule has 1 aliphatic heterocycles. The van der Waals surface area contributed by atoms with Crippen molar-refractivity contribution in [3.05, 3.63) is 46.7 Å². The molecular formula is C18H22ClN3O. The molecule has 1 saturated heterocycles. The number of hydrogen-bond donors (Lipinski definition) is 0. The van der Waals surface area contributed by atoms with E-state index in [-0.39, 0.29) is 5.91 Å². The zero-order chi connectivity index (χ0) is 16.2. The van der Waals surface area contributed by atoms with Crippen molar-refractivity contribution in [2.24, 2.45) is 0 Å². The van der Waals surface area contributed by atoms with Crippen LogP contribution in [-0.2, 0) is 0 Å². The topological polar surface area (TPSA) is 38.1 Å². The Hall–Kier alpha value is -1.81.